The zero-order valence-corrected chi connectivity index (χ0v) is 10.9. The third kappa shape index (κ3) is 3.53. The molecule has 0 aliphatic rings. The third-order valence-electron chi connectivity index (χ3n) is 1.80. The molecule has 0 N–H and O–H groups in total. The van der Waals surface area contributed by atoms with E-state index in [0.29, 0.717) is 4.90 Å². The van der Waals surface area contributed by atoms with Crippen LogP contribution in [0.2, 0.25) is 0 Å². The van der Waals surface area contributed by atoms with Gasteiger partial charge < -0.3 is 4.90 Å². The molecule has 0 atom stereocenters. The van der Waals surface area contributed by atoms with Crippen LogP contribution in [0.1, 0.15) is 0 Å². The molecule has 0 aliphatic carbocycles. The Morgan fingerprint density at radius 3 is 2.44 bits per heavy atom. The molecule has 16 heavy (non-hydrogen) atoms. The van der Waals surface area contributed by atoms with Crippen molar-refractivity contribution in [1.82, 2.24) is 4.90 Å². The van der Waals surface area contributed by atoms with Gasteiger partial charge in [-0.15, -0.1) is 0 Å². The van der Waals surface area contributed by atoms with Gasteiger partial charge in [0.15, 0.2) is 9.84 Å². The first kappa shape index (κ1) is 13.1. The summed E-state index contributed by atoms with van der Waals surface area (Å²) in [5.74, 6) is 0. The molecule has 0 radical (unpaired) electrons. The van der Waals surface area contributed by atoms with Gasteiger partial charge in [-0.05, 0) is 30.0 Å². The van der Waals surface area contributed by atoms with Crippen LogP contribution in [0.4, 0.5) is 4.79 Å². The van der Waals surface area contributed by atoms with Gasteiger partial charge in [0.05, 0.1) is 4.90 Å². The van der Waals surface area contributed by atoms with Crippen molar-refractivity contribution in [2.45, 2.75) is 9.79 Å². The monoisotopic (exact) mass is 259 g/mol. The summed E-state index contributed by atoms with van der Waals surface area (Å²) in [4.78, 5) is 13.7. The fraction of sp³-hybridized carbons (Fsp3) is 0.300. The normalized spacial score (nSPS) is 11.2. The summed E-state index contributed by atoms with van der Waals surface area (Å²) in [6.07, 6.45) is 1.14. The Bertz CT molecular complexity index is 495. The summed E-state index contributed by atoms with van der Waals surface area (Å²) in [6, 6.07) is 6.35. The second kappa shape index (κ2) is 4.88. The Kier molecular flexibility index (Phi) is 3.98. The van der Waals surface area contributed by atoms with E-state index in [1.54, 1.807) is 26.2 Å². The van der Waals surface area contributed by atoms with E-state index in [0.717, 1.165) is 18.0 Å². The van der Waals surface area contributed by atoms with E-state index in [2.05, 4.69) is 0 Å². The molecule has 0 saturated carbocycles. The fourth-order valence-corrected chi connectivity index (χ4v) is 2.42. The van der Waals surface area contributed by atoms with Gasteiger partial charge in [0.25, 0.3) is 5.24 Å². The molecule has 88 valence electrons. The Morgan fingerprint density at radius 2 is 1.94 bits per heavy atom. The molecule has 6 heteroatoms. The number of sulfone groups is 1. The Labute approximate surface area is 99.6 Å². The minimum atomic E-state index is -3.22. The second-order valence-corrected chi connectivity index (χ2v) is 6.55. The van der Waals surface area contributed by atoms with E-state index in [1.807, 2.05) is 0 Å². The van der Waals surface area contributed by atoms with E-state index in [1.165, 1.54) is 17.0 Å². The SMILES string of the molecule is CN(C)C(=O)Sc1cccc(S(C)(=O)=O)c1. The number of benzene rings is 1. The molecule has 0 unspecified atom stereocenters. The maximum atomic E-state index is 11.4. The van der Waals surface area contributed by atoms with Crippen LogP contribution in [0.5, 0.6) is 0 Å². The fourth-order valence-electron chi connectivity index (χ4n) is 0.960. The van der Waals surface area contributed by atoms with Crippen LogP contribution in [0.3, 0.4) is 0 Å². The average Bonchev–Trinajstić information content (AvgIpc) is 2.16. The van der Waals surface area contributed by atoms with E-state index in [4.69, 9.17) is 0 Å². The predicted octanol–water partition coefficient (Wildman–Crippen LogP) is 1.86. The highest BCUT2D eigenvalue weighted by molar-refractivity contribution is 8.13. The molecule has 1 aromatic carbocycles. The van der Waals surface area contributed by atoms with Gasteiger partial charge in [-0.3, -0.25) is 4.79 Å². The highest BCUT2D eigenvalue weighted by Crippen LogP contribution is 2.23. The van der Waals surface area contributed by atoms with Crippen LogP contribution in [-0.2, 0) is 9.84 Å². The lowest BCUT2D eigenvalue weighted by Gasteiger charge is -2.09. The first-order valence-corrected chi connectivity index (χ1v) is 7.21. The van der Waals surface area contributed by atoms with Gasteiger partial charge in [0.2, 0.25) is 0 Å². The molecule has 0 aliphatic heterocycles. The van der Waals surface area contributed by atoms with E-state index in [-0.39, 0.29) is 10.1 Å². The lowest BCUT2D eigenvalue weighted by Crippen LogP contribution is -2.16. The number of hydrogen-bond acceptors (Lipinski definition) is 4. The molecule has 0 saturated heterocycles. The van der Waals surface area contributed by atoms with Crippen LogP contribution >= 0.6 is 11.8 Å². The van der Waals surface area contributed by atoms with Crippen LogP contribution in [0.25, 0.3) is 0 Å². The number of thioether (sulfide) groups is 1. The summed E-state index contributed by atoms with van der Waals surface area (Å²) < 4.78 is 22.6. The summed E-state index contributed by atoms with van der Waals surface area (Å²) in [5.41, 5.74) is 0. The lowest BCUT2D eigenvalue weighted by atomic mass is 10.4. The third-order valence-corrected chi connectivity index (χ3v) is 3.94. The molecule has 0 spiro atoms. The molecule has 1 aromatic rings. The summed E-state index contributed by atoms with van der Waals surface area (Å²) in [7, 11) is 0.0775. The molecule has 0 aromatic heterocycles. The van der Waals surface area contributed by atoms with Crippen LogP contribution in [0.15, 0.2) is 34.1 Å². The first-order valence-electron chi connectivity index (χ1n) is 4.50. The number of amides is 1. The van der Waals surface area contributed by atoms with Gasteiger partial charge in [0.1, 0.15) is 0 Å². The topological polar surface area (TPSA) is 54.5 Å². The van der Waals surface area contributed by atoms with Crippen LogP contribution < -0.4 is 0 Å². The minimum Gasteiger partial charge on any atom is -0.339 e. The van der Waals surface area contributed by atoms with Gasteiger partial charge in [-0.1, -0.05) is 6.07 Å². The van der Waals surface area contributed by atoms with Crippen molar-refractivity contribution in [2.24, 2.45) is 0 Å². The maximum Gasteiger partial charge on any atom is 0.285 e. The standard InChI is InChI=1S/C10H13NO3S2/c1-11(2)10(12)15-8-5-4-6-9(7-8)16(3,13)14/h4-7H,1-3H3. The average molecular weight is 259 g/mol. The van der Waals surface area contributed by atoms with Gasteiger partial charge in [-0.2, -0.15) is 0 Å². The van der Waals surface area contributed by atoms with Crippen molar-refractivity contribution in [2.75, 3.05) is 20.4 Å². The number of nitrogens with zero attached hydrogens (tertiary/aromatic N) is 1. The Hall–Kier alpha value is -1.01. The maximum absolute atomic E-state index is 11.4. The Balaban J connectivity index is 2.96. The van der Waals surface area contributed by atoms with E-state index in [9.17, 15) is 13.2 Å². The van der Waals surface area contributed by atoms with Crippen molar-refractivity contribution in [3.8, 4) is 0 Å². The quantitative estimate of drug-likeness (QED) is 0.761. The van der Waals surface area contributed by atoms with Gasteiger partial charge >= 0.3 is 0 Å². The molecule has 1 amide bonds. The molecule has 0 fully saturated rings. The number of carbonyl (C=O) groups excluding carboxylic acids is 1. The number of carbonyl (C=O) groups is 1. The van der Waals surface area contributed by atoms with Gasteiger partial charge in [0, 0.05) is 25.2 Å². The molecular weight excluding hydrogens is 246 g/mol. The number of rotatable bonds is 2. The van der Waals surface area contributed by atoms with E-state index >= 15 is 0 Å². The highest BCUT2D eigenvalue weighted by Gasteiger charge is 2.10. The summed E-state index contributed by atoms with van der Waals surface area (Å²) in [6.45, 7) is 0. The van der Waals surface area contributed by atoms with Crippen molar-refractivity contribution in [3.63, 3.8) is 0 Å². The highest BCUT2D eigenvalue weighted by atomic mass is 32.2. The number of hydrogen-bond donors (Lipinski definition) is 0. The van der Waals surface area contributed by atoms with Gasteiger partial charge in [-0.25, -0.2) is 8.42 Å². The smallest absolute Gasteiger partial charge is 0.285 e. The second-order valence-electron chi connectivity index (χ2n) is 3.51. The van der Waals surface area contributed by atoms with Crippen molar-refractivity contribution < 1.29 is 13.2 Å². The zero-order valence-electron chi connectivity index (χ0n) is 9.30. The minimum absolute atomic E-state index is 0.134. The largest absolute Gasteiger partial charge is 0.339 e. The Morgan fingerprint density at radius 1 is 1.31 bits per heavy atom. The van der Waals surface area contributed by atoms with Crippen LogP contribution in [0, 0.1) is 0 Å². The molecule has 1 rings (SSSR count). The lowest BCUT2D eigenvalue weighted by molar-refractivity contribution is 0.241. The molecule has 0 bridgehead atoms. The summed E-state index contributed by atoms with van der Waals surface area (Å²) >= 11 is 1.00. The van der Waals surface area contributed by atoms with Crippen molar-refractivity contribution >= 4 is 26.8 Å². The molecular formula is C10H13NO3S2. The van der Waals surface area contributed by atoms with E-state index < -0.39 is 9.84 Å². The first-order chi connectivity index (χ1) is 7.30. The van der Waals surface area contributed by atoms with Crippen molar-refractivity contribution in [1.29, 1.82) is 0 Å². The summed E-state index contributed by atoms with van der Waals surface area (Å²) in [5, 5.41) is -0.134. The molecule has 4 nitrogen and oxygen atoms in total. The van der Waals surface area contributed by atoms with Crippen LogP contribution in [-0.4, -0.2) is 38.9 Å². The predicted molar refractivity (Wildman–Crippen MR) is 64.5 cm³/mol. The molecule has 0 heterocycles. The zero-order chi connectivity index (χ0) is 12.3. The van der Waals surface area contributed by atoms with Crippen molar-refractivity contribution in [3.05, 3.63) is 24.3 Å².